The van der Waals surface area contributed by atoms with Crippen molar-refractivity contribution in [2.45, 2.75) is 38.8 Å². The number of hydrogen-bond donors (Lipinski definition) is 1. The molecule has 4 heteroatoms. The summed E-state index contributed by atoms with van der Waals surface area (Å²) < 4.78 is 10.4. The molecule has 1 atom stereocenters. The van der Waals surface area contributed by atoms with E-state index in [1.807, 2.05) is 51.1 Å². The summed E-state index contributed by atoms with van der Waals surface area (Å²) in [5.41, 5.74) is 0.553. The van der Waals surface area contributed by atoms with Crippen molar-refractivity contribution in [3.05, 3.63) is 35.9 Å². The van der Waals surface area contributed by atoms with Gasteiger partial charge in [-0.15, -0.1) is 0 Å². The molecule has 0 aliphatic carbocycles. The number of carbonyl (C=O) groups is 1. The van der Waals surface area contributed by atoms with Gasteiger partial charge in [0.15, 0.2) is 0 Å². The Bertz CT molecular complexity index is 384. The molecule has 1 N–H and O–H groups in total. The second-order valence-corrected chi connectivity index (χ2v) is 5.39. The summed E-state index contributed by atoms with van der Waals surface area (Å²) >= 11 is 0. The van der Waals surface area contributed by atoms with Crippen LogP contribution in [0.1, 0.15) is 38.8 Å². The van der Waals surface area contributed by atoms with Crippen molar-refractivity contribution in [1.29, 1.82) is 0 Å². The molecule has 0 saturated carbocycles. The van der Waals surface area contributed by atoms with Gasteiger partial charge in [-0.05, 0) is 32.8 Å². The molecule has 1 rings (SSSR count). The van der Waals surface area contributed by atoms with Crippen LogP contribution >= 0.6 is 0 Å². The van der Waals surface area contributed by atoms with E-state index in [1.54, 1.807) is 7.11 Å². The molecule has 1 aromatic carbocycles. The van der Waals surface area contributed by atoms with Crippen LogP contribution in [0, 0.1) is 0 Å². The third kappa shape index (κ3) is 6.25. The summed E-state index contributed by atoms with van der Waals surface area (Å²) in [7, 11) is 1.65. The van der Waals surface area contributed by atoms with Gasteiger partial charge in [0.2, 0.25) is 0 Å². The molecule has 0 aromatic heterocycles. The summed E-state index contributed by atoms with van der Waals surface area (Å²) in [5, 5.41) is 2.88. The van der Waals surface area contributed by atoms with Crippen LogP contribution in [0.5, 0.6) is 0 Å². The molecular formula is C15H23NO3. The number of nitrogens with one attached hydrogen (secondary N) is 1. The quantitative estimate of drug-likeness (QED) is 0.888. The maximum atomic E-state index is 11.8. The molecule has 106 valence electrons. The Balaban J connectivity index is 2.67. The van der Waals surface area contributed by atoms with Gasteiger partial charge < -0.3 is 14.8 Å². The molecule has 19 heavy (non-hydrogen) atoms. The highest BCUT2D eigenvalue weighted by Gasteiger charge is 2.20. The zero-order valence-electron chi connectivity index (χ0n) is 12.1. The molecular weight excluding hydrogens is 242 g/mol. The first-order valence-electron chi connectivity index (χ1n) is 6.46. The molecule has 1 aromatic rings. The predicted octanol–water partition coefficient (Wildman–Crippen LogP) is 3.29. The van der Waals surface area contributed by atoms with Gasteiger partial charge in [0.25, 0.3) is 0 Å². The average Bonchev–Trinajstić information content (AvgIpc) is 2.33. The summed E-state index contributed by atoms with van der Waals surface area (Å²) in [6, 6.07) is 9.72. The molecule has 1 amide bonds. The highest BCUT2D eigenvalue weighted by molar-refractivity contribution is 5.68. The number of hydrogen-bond acceptors (Lipinski definition) is 3. The fourth-order valence-electron chi connectivity index (χ4n) is 1.69. The Labute approximate surface area is 115 Å². The molecule has 0 unspecified atom stereocenters. The van der Waals surface area contributed by atoms with Gasteiger partial charge in [-0.1, -0.05) is 30.3 Å². The lowest BCUT2D eigenvalue weighted by atomic mass is 10.0. The lowest BCUT2D eigenvalue weighted by Crippen LogP contribution is -2.35. The third-order valence-electron chi connectivity index (χ3n) is 2.50. The van der Waals surface area contributed by atoms with E-state index < -0.39 is 11.7 Å². The first-order chi connectivity index (χ1) is 8.92. The fourth-order valence-corrected chi connectivity index (χ4v) is 1.69. The van der Waals surface area contributed by atoms with E-state index >= 15 is 0 Å². The minimum atomic E-state index is -0.493. The van der Waals surface area contributed by atoms with Crippen LogP contribution in [0.4, 0.5) is 4.79 Å². The Kier molecular flexibility index (Phi) is 5.83. The third-order valence-corrected chi connectivity index (χ3v) is 2.50. The summed E-state index contributed by atoms with van der Waals surface area (Å²) in [6.07, 6.45) is 0.303. The minimum Gasteiger partial charge on any atom is -0.444 e. The van der Waals surface area contributed by atoms with Crippen LogP contribution in [0.3, 0.4) is 0 Å². The summed E-state index contributed by atoms with van der Waals surface area (Å²) in [4.78, 5) is 11.8. The zero-order chi connectivity index (χ0) is 14.3. The smallest absolute Gasteiger partial charge is 0.408 e. The van der Waals surface area contributed by atoms with Crippen molar-refractivity contribution in [2.75, 3.05) is 13.7 Å². The number of rotatable bonds is 5. The van der Waals surface area contributed by atoms with Gasteiger partial charge in [0, 0.05) is 13.7 Å². The Morgan fingerprint density at radius 3 is 2.42 bits per heavy atom. The van der Waals surface area contributed by atoms with E-state index in [4.69, 9.17) is 9.47 Å². The molecule has 0 heterocycles. The average molecular weight is 265 g/mol. The summed E-state index contributed by atoms with van der Waals surface area (Å²) in [5.74, 6) is 0. The highest BCUT2D eigenvalue weighted by atomic mass is 16.6. The van der Waals surface area contributed by atoms with Crippen molar-refractivity contribution in [3.63, 3.8) is 0 Å². The topological polar surface area (TPSA) is 47.6 Å². The SMILES string of the molecule is COCC[C@@H](NC(=O)OC(C)(C)C)c1ccccc1. The van der Waals surface area contributed by atoms with E-state index in [2.05, 4.69) is 5.32 Å². The van der Waals surface area contributed by atoms with E-state index in [0.29, 0.717) is 13.0 Å². The van der Waals surface area contributed by atoms with Crippen molar-refractivity contribution in [1.82, 2.24) is 5.32 Å². The van der Waals surface area contributed by atoms with Gasteiger partial charge in [-0.2, -0.15) is 0 Å². The Morgan fingerprint density at radius 2 is 1.89 bits per heavy atom. The maximum absolute atomic E-state index is 11.8. The molecule has 0 fully saturated rings. The van der Waals surface area contributed by atoms with Crippen LogP contribution in [0.2, 0.25) is 0 Å². The molecule has 0 aliphatic rings. The predicted molar refractivity (Wildman–Crippen MR) is 75.0 cm³/mol. The van der Waals surface area contributed by atoms with Crippen molar-refractivity contribution in [2.24, 2.45) is 0 Å². The largest absolute Gasteiger partial charge is 0.444 e. The lowest BCUT2D eigenvalue weighted by Gasteiger charge is -2.23. The van der Waals surface area contributed by atoms with Crippen LogP contribution in [-0.4, -0.2) is 25.4 Å². The van der Waals surface area contributed by atoms with Crippen LogP contribution < -0.4 is 5.32 Å². The van der Waals surface area contributed by atoms with Gasteiger partial charge in [0.1, 0.15) is 5.60 Å². The van der Waals surface area contributed by atoms with Gasteiger partial charge in [0.05, 0.1) is 6.04 Å². The zero-order valence-corrected chi connectivity index (χ0v) is 12.1. The Hall–Kier alpha value is -1.55. The van der Waals surface area contributed by atoms with E-state index in [-0.39, 0.29) is 6.04 Å². The standard InChI is InChI=1S/C15H23NO3/c1-15(2,3)19-14(17)16-13(10-11-18-4)12-8-6-5-7-9-12/h5-9,13H,10-11H2,1-4H3,(H,16,17)/t13-/m1/s1. The lowest BCUT2D eigenvalue weighted by molar-refractivity contribution is 0.0492. The highest BCUT2D eigenvalue weighted by Crippen LogP contribution is 2.17. The van der Waals surface area contributed by atoms with Gasteiger partial charge >= 0.3 is 6.09 Å². The maximum Gasteiger partial charge on any atom is 0.408 e. The van der Waals surface area contributed by atoms with Gasteiger partial charge in [-0.25, -0.2) is 4.79 Å². The second kappa shape index (κ2) is 7.14. The number of carbonyl (C=O) groups excluding carboxylic acids is 1. The van der Waals surface area contributed by atoms with E-state index in [9.17, 15) is 4.79 Å². The van der Waals surface area contributed by atoms with Crippen molar-refractivity contribution >= 4 is 6.09 Å². The Morgan fingerprint density at radius 1 is 1.26 bits per heavy atom. The normalized spacial score (nSPS) is 12.8. The summed E-state index contributed by atoms with van der Waals surface area (Å²) in [6.45, 7) is 6.12. The first kappa shape index (κ1) is 15.5. The second-order valence-electron chi connectivity index (χ2n) is 5.39. The van der Waals surface area contributed by atoms with Crippen LogP contribution in [0.15, 0.2) is 30.3 Å². The number of benzene rings is 1. The van der Waals surface area contributed by atoms with Crippen molar-refractivity contribution in [3.8, 4) is 0 Å². The van der Waals surface area contributed by atoms with Crippen molar-refractivity contribution < 1.29 is 14.3 Å². The first-order valence-corrected chi connectivity index (χ1v) is 6.46. The van der Waals surface area contributed by atoms with Crippen LogP contribution in [-0.2, 0) is 9.47 Å². The molecule has 4 nitrogen and oxygen atoms in total. The van der Waals surface area contributed by atoms with Crippen LogP contribution in [0.25, 0.3) is 0 Å². The molecule has 0 saturated heterocycles. The number of alkyl carbamates (subject to hydrolysis) is 1. The molecule has 0 radical (unpaired) electrons. The minimum absolute atomic E-state index is 0.101. The van der Waals surface area contributed by atoms with E-state index in [1.165, 1.54) is 0 Å². The fraction of sp³-hybridized carbons (Fsp3) is 0.533. The monoisotopic (exact) mass is 265 g/mol. The van der Waals surface area contributed by atoms with Gasteiger partial charge in [-0.3, -0.25) is 0 Å². The van der Waals surface area contributed by atoms with E-state index in [0.717, 1.165) is 5.56 Å². The molecule has 0 bridgehead atoms. The number of amides is 1. The molecule has 0 aliphatic heterocycles. The number of ether oxygens (including phenoxy) is 2. The molecule has 0 spiro atoms. The number of methoxy groups -OCH3 is 1.